The summed E-state index contributed by atoms with van der Waals surface area (Å²) in [5.74, 6) is 0.784. The Morgan fingerprint density at radius 3 is 2.62 bits per heavy atom. The van der Waals surface area contributed by atoms with Gasteiger partial charge in [-0.25, -0.2) is 4.79 Å². The molecule has 1 aromatic carbocycles. The smallest absolute Gasteiger partial charge is 0.332 e. The van der Waals surface area contributed by atoms with Crippen LogP contribution in [-0.4, -0.2) is 37.3 Å². The molecule has 2 aromatic heterocycles. The lowest BCUT2D eigenvalue weighted by atomic mass is 10.2. The standard InChI is InChI=1S/C17H19ClN4O3S/c1-20-14-13(15(23)21(2)17(20)24)22(16(19-14)25-8-9-26-3)10-11-6-4-5-7-12(11)18/h4-7H,8-10H2,1-3H3. The minimum atomic E-state index is -0.430. The van der Waals surface area contributed by atoms with Crippen LogP contribution in [0.25, 0.3) is 11.2 Å². The first-order valence-electron chi connectivity index (χ1n) is 7.97. The normalized spacial score (nSPS) is 11.2. The van der Waals surface area contributed by atoms with Gasteiger partial charge in [-0.05, 0) is 17.9 Å². The van der Waals surface area contributed by atoms with Crippen molar-refractivity contribution in [3.05, 3.63) is 55.7 Å². The molecule has 3 aromatic rings. The molecule has 0 radical (unpaired) electrons. The van der Waals surface area contributed by atoms with Crippen LogP contribution >= 0.6 is 23.4 Å². The number of fused-ring (bicyclic) bond motifs is 1. The number of hydrogen-bond donors (Lipinski definition) is 0. The number of halogens is 1. The Bertz CT molecular complexity index is 1070. The highest BCUT2D eigenvalue weighted by Crippen LogP contribution is 2.23. The van der Waals surface area contributed by atoms with Gasteiger partial charge >= 0.3 is 5.69 Å². The van der Waals surface area contributed by atoms with Gasteiger partial charge in [0.2, 0.25) is 0 Å². The number of nitrogens with zero attached hydrogens (tertiary/aromatic N) is 4. The minimum absolute atomic E-state index is 0.296. The third kappa shape index (κ3) is 3.26. The molecule has 0 fully saturated rings. The van der Waals surface area contributed by atoms with Crippen molar-refractivity contribution in [3.8, 4) is 6.01 Å². The van der Waals surface area contributed by atoms with Crippen LogP contribution in [0.15, 0.2) is 33.9 Å². The van der Waals surface area contributed by atoms with Crippen LogP contribution in [0, 0.1) is 0 Å². The third-order valence-electron chi connectivity index (χ3n) is 4.12. The summed E-state index contributed by atoms with van der Waals surface area (Å²) in [5, 5.41) is 0.589. The molecule has 138 valence electrons. The van der Waals surface area contributed by atoms with E-state index in [9.17, 15) is 9.59 Å². The maximum absolute atomic E-state index is 12.7. The average molecular weight is 395 g/mol. The molecule has 0 bridgehead atoms. The van der Waals surface area contributed by atoms with E-state index in [-0.39, 0.29) is 0 Å². The van der Waals surface area contributed by atoms with Crippen LogP contribution < -0.4 is 16.0 Å². The molecule has 0 amide bonds. The number of hydrogen-bond acceptors (Lipinski definition) is 5. The molecule has 0 unspecified atom stereocenters. The molecule has 0 aliphatic carbocycles. The second-order valence-corrected chi connectivity index (χ2v) is 7.18. The molecular weight excluding hydrogens is 376 g/mol. The zero-order chi connectivity index (χ0) is 18.8. The Kier molecular flexibility index (Phi) is 5.43. The first-order chi connectivity index (χ1) is 12.5. The second kappa shape index (κ2) is 7.59. The third-order valence-corrected chi connectivity index (χ3v) is 5.06. The fourth-order valence-electron chi connectivity index (χ4n) is 2.70. The molecule has 0 spiro atoms. The Morgan fingerprint density at radius 2 is 1.92 bits per heavy atom. The van der Waals surface area contributed by atoms with Crippen molar-refractivity contribution in [1.82, 2.24) is 18.7 Å². The zero-order valence-electron chi connectivity index (χ0n) is 14.7. The predicted octanol–water partition coefficient (Wildman–Crippen LogP) is 1.88. The lowest BCUT2D eigenvalue weighted by molar-refractivity contribution is 0.304. The summed E-state index contributed by atoms with van der Waals surface area (Å²) in [5.41, 5.74) is 0.597. The average Bonchev–Trinajstić information content (AvgIpc) is 2.99. The van der Waals surface area contributed by atoms with Crippen LogP contribution in [0.4, 0.5) is 0 Å². The number of ether oxygens (including phenoxy) is 1. The van der Waals surface area contributed by atoms with Crippen molar-refractivity contribution < 1.29 is 4.74 Å². The molecule has 0 aliphatic heterocycles. The van der Waals surface area contributed by atoms with Gasteiger partial charge in [0.15, 0.2) is 11.2 Å². The summed E-state index contributed by atoms with van der Waals surface area (Å²) in [4.78, 5) is 29.4. The number of rotatable bonds is 6. The Morgan fingerprint density at radius 1 is 1.19 bits per heavy atom. The van der Waals surface area contributed by atoms with Crippen LogP contribution in [0.1, 0.15) is 5.56 Å². The summed E-state index contributed by atoms with van der Waals surface area (Å²) >= 11 is 7.93. The van der Waals surface area contributed by atoms with Crippen LogP contribution in [0.2, 0.25) is 5.02 Å². The summed E-state index contributed by atoms with van der Waals surface area (Å²) < 4.78 is 9.88. The highest BCUT2D eigenvalue weighted by Gasteiger charge is 2.20. The molecule has 26 heavy (non-hydrogen) atoms. The molecule has 0 atom stereocenters. The van der Waals surface area contributed by atoms with E-state index in [2.05, 4.69) is 4.98 Å². The topological polar surface area (TPSA) is 71.1 Å². The molecule has 3 rings (SSSR count). The molecule has 9 heteroatoms. The molecular formula is C17H19ClN4O3S. The Balaban J connectivity index is 2.23. The van der Waals surface area contributed by atoms with Crippen LogP contribution in [-0.2, 0) is 20.6 Å². The second-order valence-electron chi connectivity index (χ2n) is 5.79. The van der Waals surface area contributed by atoms with Gasteiger partial charge < -0.3 is 4.74 Å². The van der Waals surface area contributed by atoms with Gasteiger partial charge in [-0.1, -0.05) is 29.8 Å². The monoisotopic (exact) mass is 394 g/mol. The van der Waals surface area contributed by atoms with E-state index >= 15 is 0 Å². The van der Waals surface area contributed by atoms with E-state index in [4.69, 9.17) is 16.3 Å². The predicted molar refractivity (Wildman–Crippen MR) is 105 cm³/mol. The minimum Gasteiger partial charge on any atom is -0.464 e. The molecule has 0 saturated carbocycles. The van der Waals surface area contributed by atoms with Crippen molar-refractivity contribution in [1.29, 1.82) is 0 Å². The van der Waals surface area contributed by atoms with E-state index in [1.54, 1.807) is 29.4 Å². The summed E-state index contributed by atoms with van der Waals surface area (Å²) in [6.07, 6.45) is 1.98. The quantitative estimate of drug-likeness (QED) is 0.597. The summed E-state index contributed by atoms with van der Waals surface area (Å²) in [6, 6.07) is 7.69. The Hall–Kier alpha value is -2.19. The van der Waals surface area contributed by atoms with Gasteiger partial charge in [-0.2, -0.15) is 16.7 Å². The van der Waals surface area contributed by atoms with Crippen molar-refractivity contribution >= 4 is 34.5 Å². The van der Waals surface area contributed by atoms with E-state index < -0.39 is 11.2 Å². The van der Waals surface area contributed by atoms with E-state index in [0.29, 0.717) is 35.3 Å². The lowest BCUT2D eigenvalue weighted by Crippen LogP contribution is -2.37. The fourth-order valence-corrected chi connectivity index (χ4v) is 3.14. The van der Waals surface area contributed by atoms with Crippen molar-refractivity contribution in [3.63, 3.8) is 0 Å². The summed E-state index contributed by atoms with van der Waals surface area (Å²) in [7, 11) is 3.04. The first-order valence-corrected chi connectivity index (χ1v) is 9.74. The fraction of sp³-hybridized carbons (Fsp3) is 0.353. The largest absolute Gasteiger partial charge is 0.464 e. The van der Waals surface area contributed by atoms with E-state index in [0.717, 1.165) is 15.9 Å². The van der Waals surface area contributed by atoms with Gasteiger partial charge in [0.1, 0.15) is 6.61 Å². The van der Waals surface area contributed by atoms with Gasteiger partial charge in [0.25, 0.3) is 11.6 Å². The molecule has 0 aliphatic rings. The molecule has 0 saturated heterocycles. The van der Waals surface area contributed by atoms with Gasteiger partial charge in [0.05, 0.1) is 6.54 Å². The zero-order valence-corrected chi connectivity index (χ0v) is 16.3. The molecule has 2 heterocycles. The Labute approximate surface area is 159 Å². The highest BCUT2D eigenvalue weighted by atomic mass is 35.5. The van der Waals surface area contributed by atoms with Gasteiger partial charge in [-0.3, -0.25) is 18.5 Å². The van der Waals surface area contributed by atoms with Crippen molar-refractivity contribution in [2.45, 2.75) is 6.54 Å². The van der Waals surface area contributed by atoms with Gasteiger partial charge in [0, 0.05) is 24.9 Å². The molecule has 0 N–H and O–H groups in total. The van der Waals surface area contributed by atoms with Crippen molar-refractivity contribution in [2.24, 2.45) is 14.1 Å². The highest BCUT2D eigenvalue weighted by molar-refractivity contribution is 7.98. The van der Waals surface area contributed by atoms with Crippen LogP contribution in [0.5, 0.6) is 6.01 Å². The number of aromatic nitrogens is 4. The maximum Gasteiger partial charge on any atom is 0.332 e. The number of thioether (sulfide) groups is 1. The molecule has 7 nitrogen and oxygen atoms in total. The number of aryl methyl sites for hydroxylation is 1. The maximum atomic E-state index is 12.7. The van der Waals surface area contributed by atoms with E-state index in [1.807, 2.05) is 24.5 Å². The SMILES string of the molecule is CSCCOc1nc2c(c(=O)n(C)c(=O)n2C)n1Cc1ccccc1Cl. The van der Waals surface area contributed by atoms with Crippen LogP contribution in [0.3, 0.4) is 0 Å². The lowest BCUT2D eigenvalue weighted by Gasteiger charge is -2.11. The van der Waals surface area contributed by atoms with E-state index in [1.165, 1.54) is 11.6 Å². The van der Waals surface area contributed by atoms with Crippen molar-refractivity contribution in [2.75, 3.05) is 18.6 Å². The van der Waals surface area contributed by atoms with Gasteiger partial charge in [-0.15, -0.1) is 0 Å². The first kappa shape index (κ1) is 18.6. The number of imidazole rings is 1. The summed E-state index contributed by atoms with van der Waals surface area (Å²) in [6.45, 7) is 0.763. The number of benzene rings is 1.